The van der Waals surface area contributed by atoms with Crippen LogP contribution in [0.4, 0.5) is 0 Å². The van der Waals surface area contributed by atoms with Gasteiger partial charge in [0.2, 0.25) is 11.8 Å². The molecule has 2 aromatic carbocycles. The molecule has 2 rings (SSSR count). The van der Waals surface area contributed by atoms with Crippen molar-refractivity contribution in [2.75, 3.05) is 0 Å². The van der Waals surface area contributed by atoms with Crippen LogP contribution in [0.2, 0.25) is 5.02 Å². The molecule has 0 aromatic heterocycles. The quantitative estimate of drug-likeness (QED) is 0.738. The molecule has 0 heterocycles. The van der Waals surface area contributed by atoms with Crippen molar-refractivity contribution < 1.29 is 9.59 Å². The molecule has 0 aliphatic rings. The van der Waals surface area contributed by atoms with Crippen LogP contribution in [0, 0.1) is 0 Å². The Morgan fingerprint density at radius 2 is 1.70 bits per heavy atom. The Morgan fingerprint density at radius 1 is 1.04 bits per heavy atom. The van der Waals surface area contributed by atoms with Crippen molar-refractivity contribution in [3.63, 3.8) is 0 Å². The van der Waals surface area contributed by atoms with E-state index in [4.69, 9.17) is 11.6 Å². The maximum absolute atomic E-state index is 13.0. The zero-order valence-corrected chi connectivity index (χ0v) is 16.9. The van der Waals surface area contributed by atoms with Crippen molar-refractivity contribution in [1.82, 2.24) is 10.2 Å². The molecule has 0 bridgehead atoms. The van der Waals surface area contributed by atoms with Gasteiger partial charge < -0.3 is 10.2 Å². The number of carbonyl (C=O) groups is 2. The lowest BCUT2D eigenvalue weighted by Gasteiger charge is -2.30. The first-order valence-corrected chi connectivity index (χ1v) is 9.66. The van der Waals surface area contributed by atoms with Gasteiger partial charge in [0, 0.05) is 17.6 Å². The highest BCUT2D eigenvalue weighted by Crippen LogP contribution is 2.16. The molecule has 0 aliphatic heterocycles. The summed E-state index contributed by atoms with van der Waals surface area (Å²) in [7, 11) is 0. The Balaban J connectivity index is 2.21. The second kappa shape index (κ2) is 10.1. The first-order valence-electron chi connectivity index (χ1n) is 9.29. The molecule has 0 aliphatic carbocycles. The van der Waals surface area contributed by atoms with Gasteiger partial charge >= 0.3 is 0 Å². The minimum absolute atomic E-state index is 0.0668. The third kappa shape index (κ3) is 6.40. The molecule has 144 valence electrons. The van der Waals surface area contributed by atoms with E-state index in [2.05, 4.69) is 5.32 Å². The summed E-state index contributed by atoms with van der Waals surface area (Å²) in [5.74, 6) is -0.235. The zero-order chi connectivity index (χ0) is 19.8. The fourth-order valence-electron chi connectivity index (χ4n) is 2.75. The van der Waals surface area contributed by atoms with Gasteiger partial charge in [-0.1, -0.05) is 61.0 Å². The molecular weight excluding hydrogens is 360 g/mol. The van der Waals surface area contributed by atoms with Gasteiger partial charge in [0.1, 0.15) is 6.04 Å². The minimum Gasteiger partial charge on any atom is -0.352 e. The summed E-state index contributed by atoms with van der Waals surface area (Å²) in [4.78, 5) is 27.3. The molecule has 27 heavy (non-hydrogen) atoms. The van der Waals surface area contributed by atoms with Crippen molar-refractivity contribution >= 4 is 23.4 Å². The summed E-state index contributed by atoms with van der Waals surface area (Å²) in [6.45, 7) is 6.07. The molecule has 0 spiro atoms. The van der Waals surface area contributed by atoms with E-state index in [0.29, 0.717) is 11.6 Å². The van der Waals surface area contributed by atoms with Gasteiger partial charge in [-0.2, -0.15) is 0 Å². The lowest BCUT2D eigenvalue weighted by Crippen LogP contribution is -2.49. The van der Waals surface area contributed by atoms with Crippen LogP contribution in [-0.2, 0) is 22.6 Å². The van der Waals surface area contributed by atoms with E-state index < -0.39 is 6.04 Å². The number of rotatable bonds is 8. The number of nitrogens with one attached hydrogen (secondary N) is 1. The van der Waals surface area contributed by atoms with E-state index in [1.807, 2.05) is 62.4 Å². The van der Waals surface area contributed by atoms with Gasteiger partial charge in [0.15, 0.2) is 0 Å². The second-order valence-corrected chi connectivity index (χ2v) is 7.24. The van der Waals surface area contributed by atoms with Crippen molar-refractivity contribution in [2.45, 2.75) is 52.2 Å². The van der Waals surface area contributed by atoms with Gasteiger partial charge in [0.05, 0.1) is 6.42 Å². The van der Waals surface area contributed by atoms with Crippen molar-refractivity contribution in [3.8, 4) is 0 Å². The van der Waals surface area contributed by atoms with E-state index >= 15 is 0 Å². The van der Waals surface area contributed by atoms with E-state index in [9.17, 15) is 9.59 Å². The second-order valence-electron chi connectivity index (χ2n) is 6.81. The fourth-order valence-corrected chi connectivity index (χ4v) is 2.97. The molecule has 0 radical (unpaired) electrons. The summed E-state index contributed by atoms with van der Waals surface area (Å²) >= 11 is 6.08. The summed E-state index contributed by atoms with van der Waals surface area (Å²) in [6.07, 6.45) is 1.09. The zero-order valence-electron chi connectivity index (χ0n) is 16.1. The molecule has 5 heteroatoms. The van der Waals surface area contributed by atoms with Gasteiger partial charge in [-0.05, 0) is 43.5 Å². The molecule has 0 saturated carbocycles. The molecule has 0 fully saturated rings. The largest absolute Gasteiger partial charge is 0.352 e. The smallest absolute Gasteiger partial charge is 0.242 e. The predicted octanol–water partition coefficient (Wildman–Crippen LogP) is 4.21. The molecule has 2 amide bonds. The third-order valence-corrected chi connectivity index (χ3v) is 4.84. The van der Waals surface area contributed by atoms with Crippen molar-refractivity contribution in [1.29, 1.82) is 0 Å². The fraction of sp³-hybridized carbons (Fsp3) is 0.364. The topological polar surface area (TPSA) is 49.4 Å². The van der Waals surface area contributed by atoms with Gasteiger partial charge in [-0.25, -0.2) is 0 Å². The van der Waals surface area contributed by atoms with E-state index in [-0.39, 0.29) is 24.3 Å². The lowest BCUT2D eigenvalue weighted by molar-refractivity contribution is -0.140. The monoisotopic (exact) mass is 386 g/mol. The average Bonchev–Trinajstić information content (AvgIpc) is 2.66. The highest BCUT2D eigenvalue weighted by atomic mass is 35.5. The maximum atomic E-state index is 13.0. The number of nitrogens with zero attached hydrogens (tertiary/aromatic N) is 1. The Bertz CT molecular complexity index is 764. The predicted molar refractivity (Wildman–Crippen MR) is 110 cm³/mol. The molecule has 4 nitrogen and oxygen atoms in total. The number of hydrogen-bond acceptors (Lipinski definition) is 2. The number of hydrogen-bond donors (Lipinski definition) is 1. The Hall–Kier alpha value is -2.33. The Morgan fingerprint density at radius 3 is 2.33 bits per heavy atom. The summed E-state index contributed by atoms with van der Waals surface area (Å²) in [5, 5.41) is 3.58. The Kier molecular flexibility index (Phi) is 7.86. The van der Waals surface area contributed by atoms with Crippen molar-refractivity contribution in [3.05, 3.63) is 70.7 Å². The van der Waals surface area contributed by atoms with Gasteiger partial charge in [0.25, 0.3) is 0 Å². The summed E-state index contributed by atoms with van der Waals surface area (Å²) in [6, 6.07) is 16.4. The summed E-state index contributed by atoms with van der Waals surface area (Å²) in [5.41, 5.74) is 1.82. The maximum Gasteiger partial charge on any atom is 0.242 e. The lowest BCUT2D eigenvalue weighted by atomic mass is 10.1. The first-order chi connectivity index (χ1) is 12.9. The van der Waals surface area contributed by atoms with Gasteiger partial charge in [-0.15, -0.1) is 0 Å². The van der Waals surface area contributed by atoms with Crippen LogP contribution >= 0.6 is 11.6 Å². The molecule has 0 unspecified atom stereocenters. The normalized spacial score (nSPS) is 12.9. The van der Waals surface area contributed by atoms with Crippen LogP contribution < -0.4 is 5.32 Å². The standard InChI is InChI=1S/C22H27ClN2O2/c1-4-16(2)24-22(27)17(3)25(15-19-11-8-12-20(23)13-19)21(26)14-18-9-6-5-7-10-18/h5-13,16-17H,4,14-15H2,1-3H3,(H,24,27)/t16-,17-/m0/s1. The number of benzene rings is 2. The van der Waals surface area contributed by atoms with Crippen LogP contribution in [0.15, 0.2) is 54.6 Å². The van der Waals surface area contributed by atoms with Crippen LogP contribution in [0.5, 0.6) is 0 Å². The van der Waals surface area contributed by atoms with Crippen LogP contribution in [0.3, 0.4) is 0 Å². The van der Waals surface area contributed by atoms with Crippen LogP contribution in [0.25, 0.3) is 0 Å². The third-order valence-electron chi connectivity index (χ3n) is 4.61. The SMILES string of the molecule is CC[C@H](C)NC(=O)[C@H](C)N(Cc1cccc(Cl)c1)C(=O)Cc1ccccc1. The van der Waals surface area contributed by atoms with Crippen molar-refractivity contribution in [2.24, 2.45) is 0 Å². The first kappa shape index (κ1) is 21.0. The van der Waals surface area contributed by atoms with E-state index in [1.54, 1.807) is 17.9 Å². The number of halogens is 1. The highest BCUT2D eigenvalue weighted by molar-refractivity contribution is 6.30. The molecule has 0 saturated heterocycles. The number of amides is 2. The van der Waals surface area contributed by atoms with Crippen LogP contribution in [-0.4, -0.2) is 28.8 Å². The van der Waals surface area contributed by atoms with Crippen LogP contribution in [0.1, 0.15) is 38.3 Å². The minimum atomic E-state index is -0.575. The number of carbonyl (C=O) groups excluding carboxylic acids is 2. The average molecular weight is 387 g/mol. The Labute approximate surface area is 166 Å². The van der Waals surface area contributed by atoms with E-state index in [0.717, 1.165) is 17.5 Å². The summed E-state index contributed by atoms with van der Waals surface area (Å²) < 4.78 is 0. The molecule has 1 N–H and O–H groups in total. The molecule has 2 aromatic rings. The highest BCUT2D eigenvalue weighted by Gasteiger charge is 2.26. The van der Waals surface area contributed by atoms with Gasteiger partial charge in [-0.3, -0.25) is 9.59 Å². The molecule has 2 atom stereocenters. The van der Waals surface area contributed by atoms with E-state index in [1.165, 1.54) is 0 Å². The molecular formula is C22H27ClN2O2.